The van der Waals surface area contributed by atoms with Crippen LogP contribution < -0.4 is 4.90 Å². The lowest BCUT2D eigenvalue weighted by Gasteiger charge is -2.26. The third-order valence-electron chi connectivity index (χ3n) is 7.61. The molecule has 0 aliphatic carbocycles. The first-order valence-corrected chi connectivity index (χ1v) is 13.8. The van der Waals surface area contributed by atoms with Crippen LogP contribution in [0.2, 0.25) is 0 Å². The number of rotatable bonds is 3. The Balaban J connectivity index is 1.40. The highest BCUT2D eigenvalue weighted by molar-refractivity contribution is 7.26. The molecular weight excluding hydrogens is 478 g/mol. The number of anilines is 3. The second-order valence-corrected chi connectivity index (χ2v) is 10.8. The fraction of sp³-hybridized carbons (Fsp3) is 0. The Labute approximate surface area is 224 Å². The Morgan fingerprint density at radius 1 is 0.421 bits per heavy atom. The molecule has 8 rings (SSSR count). The van der Waals surface area contributed by atoms with Gasteiger partial charge in [-0.2, -0.15) is 0 Å². The van der Waals surface area contributed by atoms with Crippen molar-refractivity contribution in [2.45, 2.75) is 0 Å². The van der Waals surface area contributed by atoms with Crippen molar-refractivity contribution < 1.29 is 0 Å². The molecule has 0 aliphatic heterocycles. The molecule has 178 valence electrons. The molecule has 0 saturated carbocycles. The number of benzene rings is 7. The van der Waals surface area contributed by atoms with Crippen molar-refractivity contribution in [3.05, 3.63) is 140 Å². The summed E-state index contributed by atoms with van der Waals surface area (Å²) in [6.45, 7) is 0. The summed E-state index contributed by atoms with van der Waals surface area (Å²) in [7, 11) is 0. The van der Waals surface area contributed by atoms with Crippen molar-refractivity contribution in [3.63, 3.8) is 0 Å². The van der Waals surface area contributed by atoms with Crippen LogP contribution >= 0.6 is 11.3 Å². The largest absolute Gasteiger partial charge is 0.309 e. The highest BCUT2D eigenvalue weighted by atomic mass is 32.1. The summed E-state index contributed by atoms with van der Waals surface area (Å²) in [6.07, 6.45) is 0. The van der Waals surface area contributed by atoms with Gasteiger partial charge in [0.1, 0.15) is 0 Å². The van der Waals surface area contributed by atoms with Crippen LogP contribution in [-0.4, -0.2) is 0 Å². The molecule has 1 aromatic heterocycles. The average Bonchev–Trinajstić information content (AvgIpc) is 3.37. The normalized spacial score (nSPS) is 11.7. The predicted octanol–water partition coefficient (Wildman–Crippen LogP) is 11.0. The van der Waals surface area contributed by atoms with Gasteiger partial charge in [-0.15, -0.1) is 11.3 Å². The van der Waals surface area contributed by atoms with Crippen LogP contribution in [0.15, 0.2) is 140 Å². The lowest BCUT2D eigenvalue weighted by molar-refractivity contribution is 1.31. The molecule has 0 atom stereocenters. The molecule has 0 saturated heterocycles. The standard InChI is InChI=1S/C36H23NS/c1-2-10-27(11-3-1)37(33-15-8-14-32-31-13-6-7-16-34(31)38-36(32)33)28-21-22-30-26(23-28)20-19-25-18-17-24-9-4-5-12-29(24)35(25)30/h1-23H. The van der Waals surface area contributed by atoms with Crippen molar-refractivity contribution in [1.29, 1.82) is 0 Å². The Bertz CT molecular complexity index is 2140. The van der Waals surface area contributed by atoms with Crippen LogP contribution in [0.25, 0.3) is 52.5 Å². The van der Waals surface area contributed by atoms with E-state index in [1.54, 1.807) is 0 Å². The zero-order valence-electron chi connectivity index (χ0n) is 20.6. The van der Waals surface area contributed by atoms with Crippen LogP contribution in [0.4, 0.5) is 17.1 Å². The fourth-order valence-electron chi connectivity index (χ4n) is 5.87. The Morgan fingerprint density at radius 3 is 2.00 bits per heavy atom. The van der Waals surface area contributed by atoms with Gasteiger partial charge in [0.15, 0.2) is 0 Å². The SMILES string of the molecule is c1ccc(N(c2ccc3c(ccc4ccc5ccccc5c43)c2)c2cccc3c2sc2ccccc23)cc1. The lowest BCUT2D eigenvalue weighted by Crippen LogP contribution is -2.09. The number of nitrogens with zero attached hydrogens (tertiary/aromatic N) is 1. The van der Waals surface area contributed by atoms with Crippen LogP contribution in [0.5, 0.6) is 0 Å². The van der Waals surface area contributed by atoms with E-state index in [0.29, 0.717) is 0 Å². The quantitative estimate of drug-likeness (QED) is 0.218. The lowest BCUT2D eigenvalue weighted by atomic mass is 9.96. The molecule has 0 bridgehead atoms. The molecule has 0 radical (unpaired) electrons. The summed E-state index contributed by atoms with van der Waals surface area (Å²) in [5.74, 6) is 0. The van der Waals surface area contributed by atoms with Crippen LogP contribution in [0, 0.1) is 0 Å². The molecule has 38 heavy (non-hydrogen) atoms. The van der Waals surface area contributed by atoms with Crippen molar-refractivity contribution >= 4 is 80.9 Å². The van der Waals surface area contributed by atoms with E-state index in [9.17, 15) is 0 Å². The van der Waals surface area contributed by atoms with Gasteiger partial charge >= 0.3 is 0 Å². The fourth-order valence-corrected chi connectivity index (χ4v) is 7.08. The van der Waals surface area contributed by atoms with Crippen LogP contribution in [0.1, 0.15) is 0 Å². The van der Waals surface area contributed by atoms with E-state index >= 15 is 0 Å². The van der Waals surface area contributed by atoms with Gasteiger partial charge < -0.3 is 4.90 Å². The monoisotopic (exact) mass is 501 g/mol. The average molecular weight is 502 g/mol. The second kappa shape index (κ2) is 8.44. The summed E-state index contributed by atoms with van der Waals surface area (Å²) >= 11 is 1.87. The summed E-state index contributed by atoms with van der Waals surface area (Å²) < 4.78 is 2.63. The third-order valence-corrected chi connectivity index (χ3v) is 8.81. The molecule has 0 aliphatic rings. The smallest absolute Gasteiger partial charge is 0.0640 e. The third kappa shape index (κ3) is 3.24. The first kappa shape index (κ1) is 21.4. The number of fused-ring (bicyclic) bond motifs is 8. The molecule has 7 aromatic carbocycles. The second-order valence-electron chi connectivity index (χ2n) is 9.78. The highest BCUT2D eigenvalue weighted by Crippen LogP contribution is 2.45. The van der Waals surface area contributed by atoms with Crippen molar-refractivity contribution in [2.24, 2.45) is 0 Å². The minimum absolute atomic E-state index is 1.16. The molecule has 0 fully saturated rings. The molecule has 0 unspecified atom stereocenters. The number of hydrogen-bond acceptors (Lipinski definition) is 2. The summed E-state index contributed by atoms with van der Waals surface area (Å²) in [5.41, 5.74) is 3.52. The Hall–Kier alpha value is -4.66. The van der Waals surface area contributed by atoms with Gasteiger partial charge in [-0.1, -0.05) is 103 Å². The molecular formula is C36H23NS. The molecule has 1 heterocycles. The van der Waals surface area contributed by atoms with Crippen molar-refractivity contribution in [1.82, 2.24) is 0 Å². The van der Waals surface area contributed by atoms with E-state index < -0.39 is 0 Å². The Kier molecular flexibility index (Phi) is 4.76. The molecule has 0 amide bonds. The van der Waals surface area contributed by atoms with Gasteiger partial charge in [0.2, 0.25) is 0 Å². The topological polar surface area (TPSA) is 3.24 Å². The minimum Gasteiger partial charge on any atom is -0.309 e. The van der Waals surface area contributed by atoms with Gasteiger partial charge in [-0.25, -0.2) is 0 Å². The zero-order chi connectivity index (χ0) is 25.1. The van der Waals surface area contributed by atoms with E-state index in [1.165, 1.54) is 58.2 Å². The van der Waals surface area contributed by atoms with Crippen LogP contribution in [-0.2, 0) is 0 Å². The van der Waals surface area contributed by atoms with E-state index in [1.807, 2.05) is 11.3 Å². The highest BCUT2D eigenvalue weighted by Gasteiger charge is 2.18. The predicted molar refractivity (Wildman–Crippen MR) is 167 cm³/mol. The molecule has 2 heteroatoms. The number of hydrogen-bond donors (Lipinski definition) is 0. The van der Waals surface area contributed by atoms with Gasteiger partial charge in [0, 0.05) is 26.8 Å². The van der Waals surface area contributed by atoms with Gasteiger partial charge in [-0.3, -0.25) is 0 Å². The maximum absolute atomic E-state index is 2.41. The van der Waals surface area contributed by atoms with Crippen molar-refractivity contribution in [2.75, 3.05) is 4.90 Å². The molecule has 8 aromatic rings. The summed E-state index contributed by atoms with van der Waals surface area (Å²) in [4.78, 5) is 2.41. The summed E-state index contributed by atoms with van der Waals surface area (Å²) in [5, 5.41) is 10.3. The maximum Gasteiger partial charge on any atom is 0.0640 e. The summed E-state index contributed by atoms with van der Waals surface area (Å²) in [6, 6.07) is 50.7. The Morgan fingerprint density at radius 2 is 1.11 bits per heavy atom. The number of thiophene rings is 1. The van der Waals surface area contributed by atoms with E-state index in [2.05, 4.69) is 144 Å². The van der Waals surface area contributed by atoms with E-state index in [4.69, 9.17) is 0 Å². The molecule has 0 spiro atoms. The van der Waals surface area contributed by atoms with Gasteiger partial charge in [-0.05, 0) is 68.7 Å². The zero-order valence-corrected chi connectivity index (χ0v) is 21.5. The minimum atomic E-state index is 1.16. The van der Waals surface area contributed by atoms with E-state index in [-0.39, 0.29) is 0 Å². The molecule has 0 N–H and O–H groups in total. The first-order chi connectivity index (χ1) is 18.8. The van der Waals surface area contributed by atoms with Crippen molar-refractivity contribution in [3.8, 4) is 0 Å². The van der Waals surface area contributed by atoms with Crippen LogP contribution in [0.3, 0.4) is 0 Å². The van der Waals surface area contributed by atoms with Gasteiger partial charge in [0.25, 0.3) is 0 Å². The maximum atomic E-state index is 2.41. The van der Waals surface area contributed by atoms with Gasteiger partial charge in [0.05, 0.1) is 10.4 Å². The number of para-hydroxylation sites is 1. The van der Waals surface area contributed by atoms with E-state index in [0.717, 1.165) is 11.4 Å². The first-order valence-electron chi connectivity index (χ1n) is 12.9. The molecule has 1 nitrogen and oxygen atoms in total.